The third-order valence-corrected chi connectivity index (χ3v) is 8.48. The normalized spacial score (nSPS) is 21.7. The summed E-state index contributed by atoms with van der Waals surface area (Å²) in [6.07, 6.45) is 1.26. The molecule has 1 N–H and O–H groups in total. The van der Waals surface area contributed by atoms with Crippen molar-refractivity contribution in [3.05, 3.63) is 35.1 Å². The van der Waals surface area contributed by atoms with E-state index in [0.717, 1.165) is 24.6 Å². The molecule has 4 heterocycles. The topological polar surface area (TPSA) is 118 Å². The van der Waals surface area contributed by atoms with Gasteiger partial charge in [0.2, 0.25) is 15.9 Å². The molecule has 0 radical (unpaired) electrons. The van der Waals surface area contributed by atoms with Gasteiger partial charge in [0.05, 0.1) is 25.2 Å². The van der Waals surface area contributed by atoms with Crippen molar-refractivity contribution in [1.82, 2.24) is 19.7 Å². The molecule has 2 aromatic heterocycles. The maximum absolute atomic E-state index is 13.2. The van der Waals surface area contributed by atoms with E-state index in [-0.39, 0.29) is 29.1 Å². The fourth-order valence-corrected chi connectivity index (χ4v) is 6.43. The summed E-state index contributed by atoms with van der Waals surface area (Å²) in [5, 5.41) is 6.83. The summed E-state index contributed by atoms with van der Waals surface area (Å²) in [4.78, 5) is 15.4. The first-order chi connectivity index (χ1) is 15.8. The molecule has 0 bridgehead atoms. The molecule has 2 fully saturated rings. The number of aryl methyl sites for hydroxylation is 3. The minimum atomic E-state index is -3.78. The third kappa shape index (κ3) is 5.16. The molecule has 2 unspecified atom stereocenters. The molecule has 2 atom stereocenters. The number of furan rings is 1. The van der Waals surface area contributed by atoms with Gasteiger partial charge in [-0.05, 0) is 45.7 Å². The van der Waals surface area contributed by atoms with Crippen LogP contribution in [0.4, 0.5) is 0 Å². The molecule has 1 amide bonds. The minimum Gasteiger partial charge on any atom is -0.465 e. The van der Waals surface area contributed by atoms with Crippen LogP contribution in [0.5, 0.6) is 0 Å². The average molecular weight is 481 g/mol. The van der Waals surface area contributed by atoms with Crippen LogP contribution in [0.3, 0.4) is 0 Å². The van der Waals surface area contributed by atoms with E-state index in [9.17, 15) is 13.2 Å². The van der Waals surface area contributed by atoms with Crippen LogP contribution in [0.1, 0.15) is 41.9 Å². The van der Waals surface area contributed by atoms with E-state index in [0.29, 0.717) is 44.8 Å². The first kappa shape index (κ1) is 23.9. The molecular formula is C22H32N4O6S. The van der Waals surface area contributed by atoms with Gasteiger partial charge < -0.3 is 19.0 Å². The van der Waals surface area contributed by atoms with E-state index >= 15 is 0 Å². The van der Waals surface area contributed by atoms with Crippen molar-refractivity contribution >= 4 is 15.9 Å². The highest BCUT2D eigenvalue weighted by molar-refractivity contribution is 7.89. The van der Waals surface area contributed by atoms with Gasteiger partial charge in [0.25, 0.3) is 0 Å². The van der Waals surface area contributed by atoms with Crippen molar-refractivity contribution in [1.29, 1.82) is 0 Å². The lowest BCUT2D eigenvalue weighted by Crippen LogP contribution is -2.48. The Morgan fingerprint density at radius 1 is 1.21 bits per heavy atom. The smallest absolute Gasteiger partial charge is 0.248 e. The number of carbonyl (C=O) groups excluding carboxylic acids is 1. The van der Waals surface area contributed by atoms with Crippen molar-refractivity contribution in [2.24, 2.45) is 5.92 Å². The molecule has 2 saturated heterocycles. The van der Waals surface area contributed by atoms with Crippen LogP contribution in [0.25, 0.3) is 0 Å². The molecule has 2 aliphatic rings. The average Bonchev–Trinajstić information content (AvgIpc) is 3.39. The summed E-state index contributed by atoms with van der Waals surface area (Å²) in [6.45, 7) is 8.79. The molecule has 0 aromatic carbocycles. The number of nitrogens with zero attached hydrogens (tertiary/aromatic N) is 3. The quantitative estimate of drug-likeness (QED) is 0.637. The van der Waals surface area contributed by atoms with Crippen LogP contribution in [-0.4, -0.2) is 74.6 Å². The maximum Gasteiger partial charge on any atom is 0.248 e. The number of nitrogens with one attached hydrogen (secondary N) is 1. The predicted octanol–water partition coefficient (Wildman–Crippen LogP) is 1.78. The number of ether oxygens (including phenoxy) is 1. The highest BCUT2D eigenvalue weighted by Gasteiger charge is 2.37. The van der Waals surface area contributed by atoms with Gasteiger partial charge in [-0.1, -0.05) is 5.16 Å². The highest BCUT2D eigenvalue weighted by Crippen LogP contribution is 2.28. The first-order valence-corrected chi connectivity index (χ1v) is 12.8. The Kier molecular flexibility index (Phi) is 7.22. The van der Waals surface area contributed by atoms with E-state index in [1.807, 2.05) is 19.1 Å². The lowest BCUT2D eigenvalue weighted by Gasteiger charge is -2.34. The number of rotatable bonds is 7. The zero-order valence-corrected chi connectivity index (χ0v) is 20.2. The summed E-state index contributed by atoms with van der Waals surface area (Å²) in [5.74, 6) is 1.33. The van der Waals surface area contributed by atoms with Crippen molar-refractivity contribution in [3.63, 3.8) is 0 Å². The van der Waals surface area contributed by atoms with E-state index < -0.39 is 15.9 Å². The summed E-state index contributed by atoms with van der Waals surface area (Å²) in [7, 11) is -3.78. The van der Waals surface area contributed by atoms with Gasteiger partial charge in [-0.2, -0.15) is 4.31 Å². The van der Waals surface area contributed by atoms with Crippen LogP contribution in [0.15, 0.2) is 26.0 Å². The highest BCUT2D eigenvalue weighted by atomic mass is 32.2. The molecule has 0 spiro atoms. The molecular weight excluding hydrogens is 448 g/mol. The number of carbonyl (C=O) groups is 1. The molecule has 11 heteroatoms. The monoisotopic (exact) mass is 480 g/mol. The Morgan fingerprint density at radius 2 is 1.97 bits per heavy atom. The van der Waals surface area contributed by atoms with Crippen LogP contribution in [0, 0.1) is 26.7 Å². The number of aromatic nitrogens is 1. The predicted molar refractivity (Wildman–Crippen MR) is 119 cm³/mol. The van der Waals surface area contributed by atoms with Crippen LogP contribution in [0.2, 0.25) is 0 Å². The Bertz CT molecular complexity index is 1050. The summed E-state index contributed by atoms with van der Waals surface area (Å²) in [6, 6.07) is 3.76. The van der Waals surface area contributed by atoms with Crippen molar-refractivity contribution in [2.45, 2.75) is 44.6 Å². The van der Waals surface area contributed by atoms with E-state index in [2.05, 4.69) is 15.4 Å². The maximum atomic E-state index is 13.2. The second-order valence-electron chi connectivity index (χ2n) is 8.71. The van der Waals surface area contributed by atoms with Crippen molar-refractivity contribution in [2.75, 3.05) is 45.9 Å². The van der Waals surface area contributed by atoms with Gasteiger partial charge in [0, 0.05) is 32.7 Å². The van der Waals surface area contributed by atoms with E-state index in [1.54, 1.807) is 13.8 Å². The lowest BCUT2D eigenvalue weighted by atomic mass is 9.98. The third-order valence-electron chi connectivity index (χ3n) is 6.37. The fraction of sp³-hybridized carbons (Fsp3) is 0.636. The lowest BCUT2D eigenvalue weighted by molar-refractivity contribution is -0.126. The largest absolute Gasteiger partial charge is 0.465 e. The zero-order chi connectivity index (χ0) is 23.6. The van der Waals surface area contributed by atoms with Crippen LogP contribution >= 0.6 is 0 Å². The standard InChI is InChI=1S/C22H32N4O6S/c1-15-6-7-20(31-15)19(25-9-11-30-12-10-25)13-23-22(27)18-5-4-8-26(14-18)33(28,29)21-16(2)24-32-17(21)3/h6-7,18-19H,4-5,8-14H2,1-3H3,(H,23,27). The van der Waals surface area contributed by atoms with Crippen LogP contribution in [-0.2, 0) is 19.6 Å². The molecule has 2 aromatic rings. The van der Waals surface area contributed by atoms with Crippen molar-refractivity contribution in [3.8, 4) is 0 Å². The fourth-order valence-electron chi connectivity index (χ4n) is 4.62. The summed E-state index contributed by atoms with van der Waals surface area (Å²) < 4.78 is 44.1. The van der Waals surface area contributed by atoms with Gasteiger partial charge in [0.1, 0.15) is 22.1 Å². The Labute approximate surface area is 194 Å². The van der Waals surface area contributed by atoms with Gasteiger partial charge in [-0.3, -0.25) is 9.69 Å². The number of sulfonamides is 1. The number of hydrogen-bond donors (Lipinski definition) is 1. The second kappa shape index (κ2) is 9.96. The van der Waals surface area contributed by atoms with Crippen LogP contribution < -0.4 is 5.32 Å². The zero-order valence-electron chi connectivity index (χ0n) is 19.4. The minimum absolute atomic E-state index is 0.0997. The number of amides is 1. The molecule has 4 rings (SSSR count). The molecule has 0 aliphatic carbocycles. The molecule has 10 nitrogen and oxygen atoms in total. The SMILES string of the molecule is Cc1ccc(C(CNC(=O)C2CCCN(S(=O)(=O)c3c(C)noc3C)C2)N2CCOCC2)o1. The molecule has 0 saturated carbocycles. The number of piperidine rings is 1. The first-order valence-electron chi connectivity index (χ1n) is 11.4. The van der Waals surface area contributed by atoms with Gasteiger partial charge in [-0.15, -0.1) is 0 Å². The van der Waals surface area contributed by atoms with E-state index in [1.165, 1.54) is 4.31 Å². The van der Waals surface area contributed by atoms with Gasteiger partial charge in [-0.25, -0.2) is 8.42 Å². The van der Waals surface area contributed by atoms with E-state index in [4.69, 9.17) is 13.7 Å². The number of hydrogen-bond acceptors (Lipinski definition) is 8. The summed E-state index contributed by atoms with van der Waals surface area (Å²) in [5.41, 5.74) is 0.334. The Morgan fingerprint density at radius 3 is 2.61 bits per heavy atom. The summed E-state index contributed by atoms with van der Waals surface area (Å²) >= 11 is 0. The second-order valence-corrected chi connectivity index (χ2v) is 10.6. The Hall–Kier alpha value is -2.21. The molecule has 182 valence electrons. The van der Waals surface area contributed by atoms with Crippen molar-refractivity contribution < 1.29 is 26.9 Å². The Balaban J connectivity index is 1.43. The van der Waals surface area contributed by atoms with Gasteiger partial charge >= 0.3 is 0 Å². The van der Waals surface area contributed by atoms with Gasteiger partial charge in [0.15, 0.2) is 5.76 Å². The molecule has 2 aliphatic heterocycles. The molecule has 33 heavy (non-hydrogen) atoms. The number of morpholine rings is 1.